The molecule has 1 saturated heterocycles. The molecule has 0 bridgehead atoms. The van der Waals surface area contributed by atoms with E-state index in [1.165, 1.54) is 0 Å². The van der Waals surface area contributed by atoms with Gasteiger partial charge >= 0.3 is 18.1 Å². The lowest BCUT2D eigenvalue weighted by atomic mass is 10.1. The van der Waals surface area contributed by atoms with Crippen LogP contribution in [0.5, 0.6) is 0 Å². The number of amidine groups is 1. The van der Waals surface area contributed by atoms with E-state index in [-0.39, 0.29) is 12.1 Å². The van der Waals surface area contributed by atoms with Gasteiger partial charge in [-0.2, -0.15) is 4.99 Å². The van der Waals surface area contributed by atoms with E-state index in [4.69, 9.17) is 9.47 Å². The number of hydrogen-bond donors (Lipinski definition) is 1. The molecule has 1 heterocycles. The summed E-state index contributed by atoms with van der Waals surface area (Å²) in [7, 11) is 0. The lowest BCUT2D eigenvalue weighted by molar-refractivity contribution is -0.143. The second-order valence-corrected chi connectivity index (χ2v) is 9.10. The van der Waals surface area contributed by atoms with Gasteiger partial charge in [0.1, 0.15) is 11.4 Å². The summed E-state index contributed by atoms with van der Waals surface area (Å²) in [6, 6.07) is 9.16. The lowest BCUT2D eigenvalue weighted by Crippen LogP contribution is -2.52. The quantitative estimate of drug-likeness (QED) is 0.266. The Balaban J connectivity index is 1.90. The topological polar surface area (TPSA) is 101 Å². The standard InChI is InChI=1S/C25H38N4O5/c1-5-33-21(30)14-10-7-11-15-26-23(31)27-22(20-12-8-6-9-13-20)28-16-18-29(19-17-28)24(32)34-25(2,3)4/h6,8-9,12-13H,5,7,10-11,14-19H2,1-4H3,(H,26,31). The Hall–Kier alpha value is -3.10. The Kier molecular flexibility index (Phi) is 10.8. The molecule has 2 rings (SSSR count). The van der Waals surface area contributed by atoms with Crippen LogP contribution in [0.4, 0.5) is 9.59 Å². The number of hydrogen-bond acceptors (Lipinski definition) is 5. The minimum atomic E-state index is -0.540. The number of aliphatic imine (C=N–C) groups is 1. The summed E-state index contributed by atoms with van der Waals surface area (Å²) in [4.78, 5) is 44.3. The third kappa shape index (κ3) is 9.80. The molecule has 1 N–H and O–H groups in total. The van der Waals surface area contributed by atoms with Crippen molar-refractivity contribution in [3.05, 3.63) is 35.9 Å². The van der Waals surface area contributed by atoms with Crippen molar-refractivity contribution in [2.24, 2.45) is 4.99 Å². The van der Waals surface area contributed by atoms with Gasteiger partial charge in [0.15, 0.2) is 0 Å². The number of esters is 1. The van der Waals surface area contributed by atoms with Gasteiger partial charge in [-0.25, -0.2) is 9.59 Å². The summed E-state index contributed by atoms with van der Waals surface area (Å²) in [5.41, 5.74) is 0.305. The average Bonchev–Trinajstić information content (AvgIpc) is 2.79. The minimum absolute atomic E-state index is 0.185. The van der Waals surface area contributed by atoms with E-state index in [1.54, 1.807) is 11.8 Å². The molecule has 34 heavy (non-hydrogen) atoms. The Morgan fingerprint density at radius 2 is 1.62 bits per heavy atom. The zero-order valence-corrected chi connectivity index (χ0v) is 20.8. The van der Waals surface area contributed by atoms with Crippen LogP contribution in [0.25, 0.3) is 0 Å². The van der Waals surface area contributed by atoms with E-state index in [2.05, 4.69) is 10.3 Å². The van der Waals surface area contributed by atoms with Crippen molar-refractivity contribution < 1.29 is 23.9 Å². The van der Waals surface area contributed by atoms with Gasteiger partial charge in [0, 0.05) is 44.7 Å². The number of carbonyl (C=O) groups is 3. The Morgan fingerprint density at radius 3 is 2.24 bits per heavy atom. The molecule has 0 aliphatic carbocycles. The van der Waals surface area contributed by atoms with Crippen LogP contribution in [0.15, 0.2) is 35.3 Å². The number of nitrogens with zero attached hydrogens (tertiary/aromatic N) is 3. The molecule has 1 aliphatic heterocycles. The lowest BCUT2D eigenvalue weighted by Gasteiger charge is -2.37. The summed E-state index contributed by atoms with van der Waals surface area (Å²) in [5, 5.41) is 2.83. The SMILES string of the molecule is CCOC(=O)CCCCCNC(=O)N=C(c1ccccc1)N1CCN(C(=O)OC(C)(C)C)CC1. The first-order chi connectivity index (χ1) is 16.2. The molecule has 1 aliphatic rings. The van der Waals surface area contributed by atoms with Gasteiger partial charge in [0.2, 0.25) is 0 Å². The maximum Gasteiger partial charge on any atom is 0.410 e. The van der Waals surface area contributed by atoms with E-state index >= 15 is 0 Å². The minimum Gasteiger partial charge on any atom is -0.466 e. The first-order valence-corrected chi connectivity index (χ1v) is 12.0. The molecule has 1 aromatic rings. The van der Waals surface area contributed by atoms with Crippen LogP contribution in [0, 0.1) is 0 Å². The molecule has 0 unspecified atom stereocenters. The Morgan fingerprint density at radius 1 is 0.971 bits per heavy atom. The molecule has 1 fully saturated rings. The van der Waals surface area contributed by atoms with Crippen molar-refractivity contribution in [3.63, 3.8) is 0 Å². The monoisotopic (exact) mass is 474 g/mol. The molecule has 0 spiro atoms. The summed E-state index contributed by atoms with van der Waals surface area (Å²) >= 11 is 0. The summed E-state index contributed by atoms with van der Waals surface area (Å²) in [6.07, 6.45) is 2.38. The molecule has 0 saturated carbocycles. The zero-order valence-electron chi connectivity index (χ0n) is 20.8. The molecule has 0 radical (unpaired) electrons. The molecule has 9 nitrogen and oxygen atoms in total. The summed E-state index contributed by atoms with van der Waals surface area (Å²) in [6.45, 7) is 10.3. The predicted molar refractivity (Wildman–Crippen MR) is 131 cm³/mol. The highest BCUT2D eigenvalue weighted by atomic mass is 16.6. The Bertz CT molecular complexity index is 827. The number of carbonyl (C=O) groups excluding carboxylic acids is 3. The number of rotatable bonds is 8. The van der Waals surface area contributed by atoms with Crippen LogP contribution in [0.1, 0.15) is 58.9 Å². The fraction of sp³-hybridized carbons (Fsp3) is 0.600. The van der Waals surface area contributed by atoms with Crippen LogP contribution < -0.4 is 5.32 Å². The second-order valence-electron chi connectivity index (χ2n) is 9.10. The van der Waals surface area contributed by atoms with Gasteiger partial charge in [0.05, 0.1) is 6.61 Å². The highest BCUT2D eigenvalue weighted by Gasteiger charge is 2.27. The number of ether oxygens (including phenoxy) is 2. The van der Waals surface area contributed by atoms with Crippen LogP contribution in [0.3, 0.4) is 0 Å². The maximum absolute atomic E-state index is 12.5. The third-order valence-electron chi connectivity index (χ3n) is 5.11. The second kappa shape index (κ2) is 13.6. The number of unbranched alkanes of at least 4 members (excludes halogenated alkanes) is 2. The fourth-order valence-electron chi connectivity index (χ4n) is 3.47. The van der Waals surface area contributed by atoms with Crippen LogP contribution in [0.2, 0.25) is 0 Å². The number of nitrogens with one attached hydrogen (secondary N) is 1. The van der Waals surface area contributed by atoms with Crippen molar-refractivity contribution in [1.82, 2.24) is 15.1 Å². The van der Waals surface area contributed by atoms with Gasteiger partial charge in [0.25, 0.3) is 0 Å². The summed E-state index contributed by atoms with van der Waals surface area (Å²) in [5.74, 6) is 0.402. The van der Waals surface area contributed by atoms with E-state index in [9.17, 15) is 14.4 Å². The van der Waals surface area contributed by atoms with E-state index in [1.807, 2.05) is 56.0 Å². The number of piperazine rings is 1. The largest absolute Gasteiger partial charge is 0.466 e. The van der Waals surface area contributed by atoms with Gasteiger partial charge in [-0.05, 0) is 40.5 Å². The van der Waals surface area contributed by atoms with E-state index in [0.717, 1.165) is 24.8 Å². The van der Waals surface area contributed by atoms with Gasteiger partial charge in [-0.15, -0.1) is 0 Å². The first-order valence-electron chi connectivity index (χ1n) is 12.0. The number of amides is 3. The molecule has 3 amide bonds. The first kappa shape index (κ1) is 27.1. The van der Waals surface area contributed by atoms with Crippen molar-refractivity contribution in [3.8, 4) is 0 Å². The molecule has 1 aromatic carbocycles. The highest BCUT2D eigenvalue weighted by molar-refractivity contribution is 6.04. The average molecular weight is 475 g/mol. The smallest absolute Gasteiger partial charge is 0.410 e. The van der Waals surface area contributed by atoms with Crippen molar-refractivity contribution in [1.29, 1.82) is 0 Å². The molecule has 188 valence electrons. The van der Waals surface area contributed by atoms with Crippen LogP contribution in [-0.2, 0) is 14.3 Å². The highest BCUT2D eigenvalue weighted by Crippen LogP contribution is 2.14. The van der Waals surface area contributed by atoms with Gasteiger partial charge in [-0.3, -0.25) is 4.79 Å². The predicted octanol–water partition coefficient (Wildman–Crippen LogP) is 3.82. The molecular formula is C25H38N4O5. The molecule has 0 aromatic heterocycles. The zero-order chi connectivity index (χ0) is 25.0. The third-order valence-corrected chi connectivity index (χ3v) is 5.11. The maximum atomic E-state index is 12.5. The van der Waals surface area contributed by atoms with Crippen LogP contribution in [-0.4, -0.2) is 78.7 Å². The molecular weight excluding hydrogens is 436 g/mol. The summed E-state index contributed by atoms with van der Waals surface area (Å²) < 4.78 is 10.4. The molecule has 9 heteroatoms. The number of urea groups is 1. The van der Waals surface area contributed by atoms with E-state index in [0.29, 0.717) is 51.6 Å². The normalized spacial score (nSPS) is 14.5. The van der Waals surface area contributed by atoms with Crippen LogP contribution >= 0.6 is 0 Å². The van der Waals surface area contributed by atoms with Crippen molar-refractivity contribution in [2.75, 3.05) is 39.3 Å². The Labute approximate surface area is 202 Å². The van der Waals surface area contributed by atoms with Gasteiger partial charge in [-0.1, -0.05) is 36.8 Å². The number of benzene rings is 1. The van der Waals surface area contributed by atoms with Crippen molar-refractivity contribution >= 4 is 23.9 Å². The van der Waals surface area contributed by atoms with Gasteiger partial charge < -0.3 is 24.6 Å². The fourth-order valence-corrected chi connectivity index (χ4v) is 3.47. The van der Waals surface area contributed by atoms with E-state index < -0.39 is 11.6 Å². The van der Waals surface area contributed by atoms with Crippen molar-refractivity contribution in [2.45, 2.75) is 59.0 Å². The molecule has 0 atom stereocenters.